The number of hydrogen-bond acceptors (Lipinski definition) is 8. The van der Waals surface area contributed by atoms with E-state index in [1.54, 1.807) is 20.3 Å². The smallest absolute Gasteiger partial charge is 0.416 e. The number of amides is 1. The maximum Gasteiger partial charge on any atom is 0.416 e. The Bertz CT molecular complexity index is 1480. The summed E-state index contributed by atoms with van der Waals surface area (Å²) in [5.41, 5.74) is 0.637. The SMILES string of the molecule is CCOc1ccccc1-c1ccc(C2(NC(=O)C(OC=O)N(C)C)CCN(c3ccc(C(F)(F)F)cc3C#N)CC2)cn1. The number of alkyl halides is 3. The highest BCUT2D eigenvalue weighted by atomic mass is 19.4. The minimum absolute atomic E-state index is 0.0857. The number of ether oxygens (including phenoxy) is 2. The number of nitrogens with zero attached hydrogens (tertiary/aromatic N) is 4. The molecule has 1 N–H and O–H groups in total. The number of anilines is 1. The number of piperidine rings is 1. The van der Waals surface area contributed by atoms with Crippen LogP contribution in [0.2, 0.25) is 0 Å². The van der Waals surface area contributed by atoms with E-state index in [0.717, 1.165) is 17.7 Å². The number of hydrogen-bond donors (Lipinski definition) is 1. The minimum Gasteiger partial charge on any atom is -0.493 e. The molecule has 1 aromatic heterocycles. The molecule has 2 heterocycles. The van der Waals surface area contributed by atoms with E-state index >= 15 is 0 Å². The molecule has 0 bridgehead atoms. The highest BCUT2D eigenvalue weighted by Crippen LogP contribution is 2.38. The number of carbonyl (C=O) groups is 2. The van der Waals surface area contributed by atoms with Crippen LogP contribution in [0.1, 0.15) is 36.5 Å². The summed E-state index contributed by atoms with van der Waals surface area (Å²) >= 11 is 0. The van der Waals surface area contributed by atoms with Gasteiger partial charge < -0.3 is 19.7 Å². The molecule has 0 aliphatic carbocycles. The van der Waals surface area contributed by atoms with Crippen LogP contribution in [0.5, 0.6) is 5.75 Å². The molecule has 43 heavy (non-hydrogen) atoms. The van der Waals surface area contributed by atoms with E-state index in [1.807, 2.05) is 54.3 Å². The van der Waals surface area contributed by atoms with Crippen molar-refractivity contribution in [1.82, 2.24) is 15.2 Å². The second-order valence-electron chi connectivity index (χ2n) is 10.3. The maximum atomic E-state index is 13.4. The van der Waals surface area contributed by atoms with Gasteiger partial charge in [-0.05, 0) is 75.8 Å². The molecule has 1 amide bonds. The molecular weight excluding hydrogens is 563 g/mol. The maximum absolute atomic E-state index is 13.4. The topological polar surface area (TPSA) is 108 Å². The van der Waals surface area contributed by atoms with Gasteiger partial charge >= 0.3 is 6.18 Å². The first-order chi connectivity index (χ1) is 20.5. The number of para-hydroxylation sites is 1. The summed E-state index contributed by atoms with van der Waals surface area (Å²) in [5, 5.41) is 12.7. The molecule has 1 aliphatic heterocycles. The van der Waals surface area contributed by atoms with Crippen LogP contribution < -0.4 is 15.0 Å². The molecule has 1 saturated heterocycles. The number of benzene rings is 2. The quantitative estimate of drug-likeness (QED) is 0.265. The van der Waals surface area contributed by atoms with Gasteiger partial charge in [-0.1, -0.05) is 18.2 Å². The lowest BCUT2D eigenvalue weighted by Gasteiger charge is -2.44. The molecule has 2 aromatic carbocycles. The molecule has 0 spiro atoms. The highest BCUT2D eigenvalue weighted by molar-refractivity contribution is 5.82. The Morgan fingerprint density at radius 3 is 2.49 bits per heavy atom. The lowest BCUT2D eigenvalue weighted by atomic mass is 9.81. The molecule has 4 rings (SSSR count). The van der Waals surface area contributed by atoms with E-state index in [9.17, 15) is 28.0 Å². The number of nitrogens with one attached hydrogen (secondary N) is 1. The number of nitriles is 1. The van der Waals surface area contributed by atoms with E-state index in [2.05, 4.69) is 10.3 Å². The average molecular weight is 596 g/mol. The van der Waals surface area contributed by atoms with Crippen LogP contribution in [0.15, 0.2) is 60.8 Å². The highest BCUT2D eigenvalue weighted by Gasteiger charge is 2.41. The number of pyridine rings is 1. The Balaban J connectivity index is 1.67. The Hall–Kier alpha value is -4.63. The Labute approximate surface area is 247 Å². The molecule has 1 aliphatic rings. The predicted octanol–water partition coefficient (Wildman–Crippen LogP) is 4.71. The number of halogens is 3. The van der Waals surface area contributed by atoms with Crippen molar-refractivity contribution in [1.29, 1.82) is 5.26 Å². The largest absolute Gasteiger partial charge is 0.493 e. The molecule has 9 nitrogen and oxygen atoms in total. The molecule has 0 radical (unpaired) electrons. The number of rotatable bonds is 10. The van der Waals surface area contributed by atoms with Gasteiger partial charge in [-0.2, -0.15) is 18.4 Å². The standard InChI is InChI=1S/C31H32F3N5O4/c1-4-42-27-8-6-5-7-24(27)25-11-9-23(19-36-25)30(37-28(41)29(38(2)3)43-20-40)13-15-39(16-14-30)26-12-10-22(31(32,33)34)17-21(26)18-35/h5-12,17,19-20,29H,4,13-16H2,1-3H3,(H,37,41). The monoisotopic (exact) mass is 595 g/mol. The molecule has 1 fully saturated rings. The summed E-state index contributed by atoms with van der Waals surface area (Å²) in [6.07, 6.45) is -3.40. The summed E-state index contributed by atoms with van der Waals surface area (Å²) in [6, 6.07) is 16.2. The van der Waals surface area contributed by atoms with Gasteiger partial charge in [0, 0.05) is 24.8 Å². The fourth-order valence-electron chi connectivity index (χ4n) is 5.26. The van der Waals surface area contributed by atoms with Crippen molar-refractivity contribution in [3.05, 3.63) is 77.5 Å². The Morgan fingerprint density at radius 2 is 1.91 bits per heavy atom. The molecule has 0 saturated carbocycles. The van der Waals surface area contributed by atoms with E-state index in [0.29, 0.717) is 55.2 Å². The van der Waals surface area contributed by atoms with Gasteiger partial charge in [-0.3, -0.25) is 19.5 Å². The van der Waals surface area contributed by atoms with Gasteiger partial charge in [0.25, 0.3) is 12.4 Å². The van der Waals surface area contributed by atoms with Gasteiger partial charge in [-0.15, -0.1) is 0 Å². The normalized spacial score (nSPS) is 15.3. The fourth-order valence-corrected chi connectivity index (χ4v) is 5.26. The van der Waals surface area contributed by atoms with Crippen molar-refractivity contribution < 1.29 is 32.2 Å². The van der Waals surface area contributed by atoms with E-state index in [4.69, 9.17) is 9.47 Å². The van der Waals surface area contributed by atoms with Gasteiger partial charge in [0.15, 0.2) is 0 Å². The summed E-state index contributed by atoms with van der Waals surface area (Å²) in [5.74, 6) is 0.148. The van der Waals surface area contributed by atoms with Crippen LogP contribution in [0, 0.1) is 11.3 Å². The summed E-state index contributed by atoms with van der Waals surface area (Å²) in [7, 11) is 3.20. The van der Waals surface area contributed by atoms with Gasteiger partial charge in [0.05, 0.1) is 34.7 Å². The molecular formula is C31H32F3N5O4. The van der Waals surface area contributed by atoms with Crippen LogP contribution in [-0.4, -0.2) is 62.3 Å². The lowest BCUT2D eigenvalue weighted by molar-refractivity contribution is -0.156. The predicted molar refractivity (Wildman–Crippen MR) is 153 cm³/mol. The second-order valence-corrected chi connectivity index (χ2v) is 10.3. The Kier molecular flexibility index (Phi) is 9.56. The number of aromatic nitrogens is 1. The third kappa shape index (κ3) is 6.89. The van der Waals surface area contributed by atoms with Gasteiger partial charge in [0.2, 0.25) is 6.23 Å². The summed E-state index contributed by atoms with van der Waals surface area (Å²) in [6.45, 7) is 3.22. The van der Waals surface area contributed by atoms with Crippen molar-refractivity contribution in [2.45, 2.75) is 37.7 Å². The molecule has 1 atom stereocenters. The van der Waals surface area contributed by atoms with Gasteiger partial charge in [0.1, 0.15) is 11.8 Å². The molecule has 226 valence electrons. The molecule has 12 heteroatoms. The zero-order chi connectivity index (χ0) is 31.2. The zero-order valence-corrected chi connectivity index (χ0v) is 24.0. The van der Waals surface area contributed by atoms with Crippen LogP contribution in [0.3, 0.4) is 0 Å². The van der Waals surface area contributed by atoms with Crippen molar-refractivity contribution in [2.75, 3.05) is 38.7 Å². The van der Waals surface area contributed by atoms with Crippen molar-refractivity contribution >= 4 is 18.1 Å². The first kappa shape index (κ1) is 31.3. The molecule has 1 unspecified atom stereocenters. The third-order valence-electron chi connectivity index (χ3n) is 7.42. The minimum atomic E-state index is -4.57. The number of carbonyl (C=O) groups excluding carboxylic acids is 2. The molecule has 3 aromatic rings. The third-order valence-corrected chi connectivity index (χ3v) is 7.42. The average Bonchev–Trinajstić information content (AvgIpc) is 3.00. The van der Waals surface area contributed by atoms with E-state index in [1.165, 1.54) is 11.0 Å². The fraction of sp³-hybridized carbons (Fsp3) is 0.355. The second kappa shape index (κ2) is 13.1. The van der Waals surface area contributed by atoms with Crippen LogP contribution in [-0.2, 0) is 26.0 Å². The first-order valence-electron chi connectivity index (χ1n) is 13.7. The first-order valence-corrected chi connectivity index (χ1v) is 13.7. The lowest BCUT2D eigenvalue weighted by Crippen LogP contribution is -2.57. The number of likely N-dealkylation sites (N-methyl/N-ethyl adjacent to an activating group) is 1. The van der Waals surface area contributed by atoms with Gasteiger partial charge in [-0.25, -0.2) is 0 Å². The van der Waals surface area contributed by atoms with Crippen LogP contribution >= 0.6 is 0 Å². The Morgan fingerprint density at radius 1 is 1.19 bits per heavy atom. The summed E-state index contributed by atoms with van der Waals surface area (Å²) in [4.78, 5) is 32.4. The van der Waals surface area contributed by atoms with Crippen molar-refractivity contribution in [2.24, 2.45) is 0 Å². The van der Waals surface area contributed by atoms with Crippen molar-refractivity contribution in [3.63, 3.8) is 0 Å². The zero-order valence-electron chi connectivity index (χ0n) is 24.0. The van der Waals surface area contributed by atoms with Crippen molar-refractivity contribution in [3.8, 4) is 23.1 Å². The van der Waals surface area contributed by atoms with Crippen LogP contribution in [0.4, 0.5) is 18.9 Å². The van der Waals surface area contributed by atoms with Crippen LogP contribution in [0.25, 0.3) is 11.3 Å². The van der Waals surface area contributed by atoms with E-state index < -0.39 is 29.4 Å². The summed E-state index contributed by atoms with van der Waals surface area (Å²) < 4.78 is 50.5. The van der Waals surface area contributed by atoms with E-state index in [-0.39, 0.29) is 12.0 Å².